The smallest absolute Gasteiger partial charge is 0.255 e. The van der Waals surface area contributed by atoms with Crippen LogP contribution in [0, 0.1) is 0 Å². The van der Waals surface area contributed by atoms with Gasteiger partial charge in [-0.15, -0.1) is 0 Å². The van der Waals surface area contributed by atoms with Crippen molar-refractivity contribution in [3.05, 3.63) is 57.2 Å². The van der Waals surface area contributed by atoms with Crippen LogP contribution in [-0.4, -0.2) is 14.7 Å². The lowest BCUT2D eigenvalue weighted by Gasteiger charge is -2.11. The molecule has 1 N–H and O–H groups in total. The lowest BCUT2D eigenvalue weighted by atomic mass is 10.2. The fourth-order valence-corrected chi connectivity index (χ4v) is 1.99. The maximum Gasteiger partial charge on any atom is 0.255 e. The zero-order chi connectivity index (χ0) is 13.1. The monoisotopic (exact) mass is 264 g/mol. The van der Waals surface area contributed by atoms with Crippen LogP contribution in [0.3, 0.4) is 0 Å². The van der Waals surface area contributed by atoms with Gasteiger partial charge in [-0.3, -0.25) is 9.36 Å². The fourth-order valence-electron chi connectivity index (χ4n) is 1.80. The minimum atomic E-state index is -0.185. The maximum atomic E-state index is 11.9. The molecule has 0 saturated carbocycles. The Morgan fingerprint density at radius 1 is 1.39 bits per heavy atom. The van der Waals surface area contributed by atoms with E-state index >= 15 is 0 Å². The van der Waals surface area contributed by atoms with E-state index in [1.807, 2.05) is 13.0 Å². The molecule has 94 valence electrons. The summed E-state index contributed by atoms with van der Waals surface area (Å²) in [5, 5.41) is 9.62. The molecule has 18 heavy (non-hydrogen) atoms. The van der Waals surface area contributed by atoms with Crippen LogP contribution in [0.15, 0.2) is 35.1 Å². The first kappa shape index (κ1) is 12.6. The van der Waals surface area contributed by atoms with Crippen LogP contribution >= 0.6 is 11.6 Å². The van der Waals surface area contributed by atoms with E-state index in [9.17, 15) is 9.90 Å². The van der Waals surface area contributed by atoms with Gasteiger partial charge in [0.2, 0.25) is 0 Å². The van der Waals surface area contributed by atoms with E-state index in [-0.39, 0.29) is 16.5 Å². The van der Waals surface area contributed by atoms with Gasteiger partial charge >= 0.3 is 0 Å². The van der Waals surface area contributed by atoms with Gasteiger partial charge in [0.1, 0.15) is 16.7 Å². The predicted molar refractivity (Wildman–Crippen MR) is 70.1 cm³/mol. The van der Waals surface area contributed by atoms with Gasteiger partial charge in [0.15, 0.2) is 0 Å². The van der Waals surface area contributed by atoms with Crippen molar-refractivity contribution in [1.82, 2.24) is 9.55 Å². The van der Waals surface area contributed by atoms with E-state index in [1.165, 1.54) is 6.07 Å². The van der Waals surface area contributed by atoms with E-state index in [4.69, 9.17) is 11.6 Å². The third-order valence-corrected chi connectivity index (χ3v) is 2.82. The Balaban J connectivity index is 2.43. The van der Waals surface area contributed by atoms with Gasteiger partial charge in [-0.05, 0) is 17.7 Å². The predicted octanol–water partition coefficient (Wildman–Crippen LogP) is 2.21. The molecule has 0 saturated heterocycles. The Morgan fingerprint density at radius 2 is 2.17 bits per heavy atom. The van der Waals surface area contributed by atoms with Crippen LogP contribution in [0.4, 0.5) is 0 Å². The van der Waals surface area contributed by atoms with E-state index in [0.29, 0.717) is 18.8 Å². The third-order valence-electron chi connectivity index (χ3n) is 2.62. The molecule has 5 heteroatoms. The van der Waals surface area contributed by atoms with Crippen LogP contribution in [0.5, 0.6) is 5.75 Å². The molecule has 2 aromatic rings. The second-order valence-electron chi connectivity index (χ2n) is 3.94. The first-order valence-corrected chi connectivity index (χ1v) is 6.02. The molecule has 0 radical (unpaired) electrons. The second kappa shape index (κ2) is 5.23. The molecular formula is C13H13ClN2O2. The van der Waals surface area contributed by atoms with Crippen LogP contribution in [-0.2, 0) is 13.0 Å². The highest BCUT2D eigenvalue weighted by Crippen LogP contribution is 2.12. The number of phenolic OH excluding ortho intramolecular Hbond substituents is 1. The quantitative estimate of drug-likeness (QED) is 0.865. The molecule has 1 aromatic carbocycles. The van der Waals surface area contributed by atoms with E-state index in [0.717, 1.165) is 5.56 Å². The molecule has 1 heterocycles. The van der Waals surface area contributed by atoms with Crippen LogP contribution in [0.25, 0.3) is 0 Å². The molecule has 0 amide bonds. The summed E-state index contributed by atoms with van der Waals surface area (Å²) in [4.78, 5) is 16.0. The van der Waals surface area contributed by atoms with Gasteiger partial charge in [-0.2, -0.15) is 0 Å². The summed E-state index contributed by atoms with van der Waals surface area (Å²) < 4.78 is 1.56. The summed E-state index contributed by atoms with van der Waals surface area (Å²) in [5.41, 5.74) is 0.658. The molecule has 0 spiro atoms. The fraction of sp³-hybridized carbons (Fsp3) is 0.231. The highest BCUT2D eigenvalue weighted by molar-refractivity contribution is 6.29. The van der Waals surface area contributed by atoms with Gasteiger partial charge in [0, 0.05) is 12.5 Å². The summed E-state index contributed by atoms with van der Waals surface area (Å²) >= 11 is 5.76. The van der Waals surface area contributed by atoms with Crippen LogP contribution in [0.2, 0.25) is 5.15 Å². The SMILES string of the molecule is CCc1nc(Cl)cc(=O)n1Cc1cccc(O)c1. The largest absolute Gasteiger partial charge is 0.508 e. The summed E-state index contributed by atoms with van der Waals surface area (Å²) in [7, 11) is 0. The van der Waals surface area contributed by atoms with Gasteiger partial charge in [0.05, 0.1) is 6.54 Å². The van der Waals surface area contributed by atoms with Crippen LogP contribution < -0.4 is 5.56 Å². The first-order chi connectivity index (χ1) is 8.60. The molecule has 0 atom stereocenters. The normalized spacial score (nSPS) is 10.6. The van der Waals surface area contributed by atoms with Crippen molar-refractivity contribution in [2.24, 2.45) is 0 Å². The lowest BCUT2D eigenvalue weighted by Crippen LogP contribution is -2.24. The Labute approximate surface area is 109 Å². The number of phenols is 1. The second-order valence-corrected chi connectivity index (χ2v) is 4.33. The van der Waals surface area contributed by atoms with Crippen molar-refractivity contribution < 1.29 is 5.11 Å². The summed E-state index contributed by atoms with van der Waals surface area (Å²) in [6, 6.07) is 8.10. The van der Waals surface area contributed by atoms with Crippen molar-refractivity contribution in [1.29, 1.82) is 0 Å². The average Bonchev–Trinajstić information content (AvgIpc) is 2.32. The van der Waals surface area contributed by atoms with E-state index in [1.54, 1.807) is 22.8 Å². The summed E-state index contributed by atoms with van der Waals surface area (Å²) in [5.74, 6) is 0.816. The molecular weight excluding hydrogens is 252 g/mol. The highest BCUT2D eigenvalue weighted by Gasteiger charge is 2.07. The number of aromatic hydroxyl groups is 1. The third kappa shape index (κ3) is 2.71. The summed E-state index contributed by atoms with van der Waals surface area (Å²) in [6.45, 7) is 2.29. The van der Waals surface area contributed by atoms with Crippen molar-refractivity contribution in [2.75, 3.05) is 0 Å². The Hall–Kier alpha value is -1.81. The Kier molecular flexibility index (Phi) is 3.67. The minimum Gasteiger partial charge on any atom is -0.508 e. The standard InChI is InChI=1S/C13H13ClN2O2/c1-2-12-15-11(14)7-13(18)16(12)8-9-4-3-5-10(17)6-9/h3-7,17H,2,8H2,1H3. The topological polar surface area (TPSA) is 55.1 Å². The number of benzene rings is 1. The van der Waals surface area contributed by atoms with Crippen molar-refractivity contribution in [2.45, 2.75) is 19.9 Å². The number of halogens is 1. The number of hydrogen-bond acceptors (Lipinski definition) is 3. The zero-order valence-electron chi connectivity index (χ0n) is 9.93. The molecule has 0 fully saturated rings. The highest BCUT2D eigenvalue weighted by atomic mass is 35.5. The number of hydrogen-bond donors (Lipinski definition) is 1. The van der Waals surface area contributed by atoms with Gasteiger partial charge < -0.3 is 5.11 Å². The van der Waals surface area contributed by atoms with Gasteiger partial charge in [0.25, 0.3) is 5.56 Å². The lowest BCUT2D eigenvalue weighted by molar-refractivity contribution is 0.474. The molecule has 0 bridgehead atoms. The Morgan fingerprint density at radius 3 is 2.83 bits per heavy atom. The number of rotatable bonds is 3. The molecule has 0 aliphatic heterocycles. The van der Waals surface area contributed by atoms with Gasteiger partial charge in [-0.25, -0.2) is 4.98 Å². The zero-order valence-corrected chi connectivity index (χ0v) is 10.7. The van der Waals surface area contributed by atoms with Crippen molar-refractivity contribution >= 4 is 11.6 Å². The molecule has 0 aliphatic carbocycles. The molecule has 1 aromatic heterocycles. The van der Waals surface area contributed by atoms with Gasteiger partial charge in [-0.1, -0.05) is 30.7 Å². The minimum absolute atomic E-state index is 0.181. The molecule has 4 nitrogen and oxygen atoms in total. The first-order valence-electron chi connectivity index (χ1n) is 5.64. The molecule has 0 aliphatic rings. The van der Waals surface area contributed by atoms with Crippen LogP contribution in [0.1, 0.15) is 18.3 Å². The number of nitrogens with zero attached hydrogens (tertiary/aromatic N) is 2. The average molecular weight is 265 g/mol. The maximum absolute atomic E-state index is 11.9. The van der Waals surface area contributed by atoms with Crippen molar-refractivity contribution in [3.8, 4) is 5.75 Å². The number of aryl methyl sites for hydroxylation is 1. The van der Waals surface area contributed by atoms with Crippen molar-refractivity contribution in [3.63, 3.8) is 0 Å². The van der Waals surface area contributed by atoms with E-state index < -0.39 is 0 Å². The molecule has 2 rings (SSSR count). The molecule has 0 unspecified atom stereocenters. The summed E-state index contributed by atoms with van der Waals surface area (Å²) in [6.07, 6.45) is 0.620. The Bertz CT molecular complexity index is 623. The number of aromatic nitrogens is 2. The van der Waals surface area contributed by atoms with E-state index in [2.05, 4.69) is 4.98 Å².